The molecule has 0 saturated carbocycles. The molecule has 0 aromatic carbocycles. The summed E-state index contributed by atoms with van der Waals surface area (Å²) in [5.74, 6) is 1.01. The molecule has 5 atom stereocenters. The lowest BCUT2D eigenvalue weighted by Gasteiger charge is -2.21. The Labute approximate surface area is 632 Å². The second kappa shape index (κ2) is 72.9. The van der Waals surface area contributed by atoms with Crippen LogP contribution in [-0.4, -0.2) is 96.7 Å². The summed E-state index contributed by atoms with van der Waals surface area (Å²) in [5.41, 5.74) is 0. The number of unbranched alkanes of at least 4 members (excludes halogenated alkanes) is 47. The van der Waals surface area contributed by atoms with E-state index in [1.54, 1.807) is 0 Å². The molecule has 0 aromatic heterocycles. The standard InChI is InChI=1S/C84H164O17P2/c1-74(2)60-52-44-36-28-22-16-11-9-10-12-20-26-32-42-50-58-66-83(88)100-79(70-94-81(86)64-56-48-40-31-25-19-14-13-17-23-29-37-45-53-61-75(3)4)72-98-102(90,91)96-68-78(85)69-97-103(92,93)99-73-80(71-95-82(87)65-57-49-41-35-34-39-47-55-63-77(7)8)101-84(89)67-59-51-43-33-27-21-15-18-24-30-38-46-54-62-76(5)6/h74-80,85H,9-73H2,1-8H3,(H,90,91)(H,92,93)/t78-,79-,80-/m1/s1. The normalized spacial score (nSPS) is 14.0. The highest BCUT2D eigenvalue weighted by Gasteiger charge is 2.30. The molecule has 19 heteroatoms. The van der Waals surface area contributed by atoms with Crippen LogP contribution in [0, 0.1) is 23.7 Å². The number of carbonyl (C=O) groups is 4. The topological polar surface area (TPSA) is 237 Å². The minimum absolute atomic E-state index is 0.106. The number of aliphatic hydroxyl groups excluding tert-OH is 1. The third kappa shape index (κ3) is 78.0. The van der Waals surface area contributed by atoms with Gasteiger partial charge in [0.05, 0.1) is 26.4 Å². The lowest BCUT2D eigenvalue weighted by atomic mass is 10.0. The van der Waals surface area contributed by atoms with Gasteiger partial charge in [0, 0.05) is 25.7 Å². The highest BCUT2D eigenvalue weighted by molar-refractivity contribution is 7.47. The summed E-state index contributed by atoms with van der Waals surface area (Å²) in [6, 6.07) is 0. The number of phosphoric ester groups is 2. The lowest BCUT2D eigenvalue weighted by molar-refractivity contribution is -0.161. The summed E-state index contributed by atoms with van der Waals surface area (Å²) in [6.07, 6.45) is 61.0. The van der Waals surface area contributed by atoms with Gasteiger partial charge in [0.2, 0.25) is 0 Å². The zero-order chi connectivity index (χ0) is 76.0. The zero-order valence-electron chi connectivity index (χ0n) is 68.0. The highest BCUT2D eigenvalue weighted by Crippen LogP contribution is 2.45. The molecule has 0 bridgehead atoms. The van der Waals surface area contributed by atoms with Gasteiger partial charge in [-0.1, -0.05) is 383 Å². The average Bonchev–Trinajstić information content (AvgIpc) is 0.918. The first-order valence-electron chi connectivity index (χ1n) is 43.2. The van der Waals surface area contributed by atoms with Crippen LogP contribution in [0.4, 0.5) is 0 Å². The summed E-state index contributed by atoms with van der Waals surface area (Å²) < 4.78 is 68.8. The molecule has 0 saturated heterocycles. The molecule has 0 heterocycles. The fraction of sp³-hybridized carbons (Fsp3) is 0.952. The molecule has 17 nitrogen and oxygen atoms in total. The van der Waals surface area contributed by atoms with Gasteiger partial charge >= 0.3 is 39.5 Å². The summed E-state index contributed by atoms with van der Waals surface area (Å²) in [4.78, 5) is 73.2. The molecule has 3 N–H and O–H groups in total. The van der Waals surface area contributed by atoms with Gasteiger partial charge < -0.3 is 33.8 Å². The summed E-state index contributed by atoms with van der Waals surface area (Å²) in [6.45, 7) is 14.3. The van der Waals surface area contributed by atoms with Crippen LogP contribution in [0.25, 0.3) is 0 Å². The van der Waals surface area contributed by atoms with Gasteiger partial charge in [0.15, 0.2) is 12.2 Å². The largest absolute Gasteiger partial charge is 0.472 e. The first-order valence-corrected chi connectivity index (χ1v) is 46.2. The third-order valence-electron chi connectivity index (χ3n) is 19.6. The molecule has 0 aliphatic carbocycles. The van der Waals surface area contributed by atoms with E-state index in [0.717, 1.165) is 114 Å². The molecule has 612 valence electrons. The molecule has 0 aliphatic heterocycles. The van der Waals surface area contributed by atoms with Crippen molar-refractivity contribution in [2.45, 2.75) is 453 Å². The Bertz CT molecular complexity index is 2010. The van der Waals surface area contributed by atoms with Gasteiger partial charge in [0.25, 0.3) is 0 Å². The monoisotopic (exact) mass is 1510 g/mol. The van der Waals surface area contributed by atoms with Gasteiger partial charge in [-0.05, 0) is 49.4 Å². The molecular formula is C84H164O17P2. The summed E-state index contributed by atoms with van der Waals surface area (Å²) in [5, 5.41) is 10.7. The van der Waals surface area contributed by atoms with Gasteiger partial charge in [-0.25, -0.2) is 9.13 Å². The molecule has 2 unspecified atom stereocenters. The smallest absolute Gasteiger partial charge is 0.462 e. The zero-order valence-corrected chi connectivity index (χ0v) is 69.7. The van der Waals surface area contributed by atoms with E-state index < -0.39 is 97.5 Å². The van der Waals surface area contributed by atoms with Crippen molar-refractivity contribution < 1.29 is 80.2 Å². The second-order valence-electron chi connectivity index (χ2n) is 32.1. The van der Waals surface area contributed by atoms with Gasteiger partial charge in [-0.15, -0.1) is 0 Å². The average molecular weight is 1510 g/mol. The van der Waals surface area contributed by atoms with Gasteiger partial charge in [-0.2, -0.15) is 0 Å². The van der Waals surface area contributed by atoms with E-state index in [2.05, 4.69) is 55.4 Å². The highest BCUT2D eigenvalue weighted by atomic mass is 31.2. The number of ether oxygens (including phenoxy) is 4. The Morgan fingerprint density at radius 2 is 0.408 bits per heavy atom. The Hall–Kier alpha value is -1.94. The number of esters is 4. The SMILES string of the molecule is CC(C)CCCCCCCCCCCCCCCCCCC(=O)O[C@H](COC(=O)CCCCCCCCCCCCCCCCC(C)C)COP(=O)(O)OC[C@@H](O)COP(=O)(O)OC[C@@H](COC(=O)CCCCCCCCCCC(C)C)OC(=O)CCCCCCCCCCCCCCCC(C)C. The molecular weight excluding hydrogens is 1340 g/mol. The fourth-order valence-corrected chi connectivity index (χ4v) is 14.5. The van der Waals surface area contributed by atoms with Crippen molar-refractivity contribution in [3.8, 4) is 0 Å². The van der Waals surface area contributed by atoms with Crippen molar-refractivity contribution >= 4 is 39.5 Å². The summed E-state index contributed by atoms with van der Waals surface area (Å²) in [7, 11) is -9.93. The molecule has 103 heavy (non-hydrogen) atoms. The number of rotatable bonds is 81. The van der Waals surface area contributed by atoms with Crippen LogP contribution in [0.3, 0.4) is 0 Å². The molecule has 0 rings (SSSR count). The third-order valence-corrected chi connectivity index (χ3v) is 21.5. The van der Waals surface area contributed by atoms with E-state index in [-0.39, 0.29) is 25.7 Å². The molecule has 0 spiro atoms. The Morgan fingerprint density at radius 3 is 0.602 bits per heavy atom. The summed E-state index contributed by atoms with van der Waals surface area (Å²) >= 11 is 0. The molecule has 0 amide bonds. The van der Waals surface area contributed by atoms with E-state index in [0.29, 0.717) is 25.7 Å². The van der Waals surface area contributed by atoms with Crippen LogP contribution in [0.15, 0.2) is 0 Å². The first kappa shape index (κ1) is 101. The number of hydrogen-bond donors (Lipinski definition) is 3. The van der Waals surface area contributed by atoms with Crippen molar-refractivity contribution in [1.29, 1.82) is 0 Å². The number of hydrogen-bond acceptors (Lipinski definition) is 15. The van der Waals surface area contributed by atoms with Crippen molar-refractivity contribution in [3.63, 3.8) is 0 Å². The Balaban J connectivity index is 5.26. The maximum absolute atomic E-state index is 13.1. The van der Waals surface area contributed by atoms with E-state index in [1.165, 1.54) is 238 Å². The number of aliphatic hydroxyl groups is 1. The minimum atomic E-state index is -4.97. The van der Waals surface area contributed by atoms with Crippen molar-refractivity contribution in [2.24, 2.45) is 23.7 Å². The van der Waals surface area contributed by atoms with Crippen molar-refractivity contribution in [1.82, 2.24) is 0 Å². The van der Waals surface area contributed by atoms with E-state index >= 15 is 0 Å². The predicted octanol–water partition coefficient (Wildman–Crippen LogP) is 25.2. The first-order chi connectivity index (χ1) is 49.6. The Morgan fingerprint density at radius 1 is 0.243 bits per heavy atom. The van der Waals surface area contributed by atoms with Crippen LogP contribution >= 0.6 is 15.6 Å². The predicted molar refractivity (Wildman–Crippen MR) is 423 cm³/mol. The second-order valence-corrected chi connectivity index (χ2v) is 35.0. The molecule has 0 radical (unpaired) electrons. The van der Waals surface area contributed by atoms with E-state index in [4.69, 9.17) is 37.0 Å². The van der Waals surface area contributed by atoms with Crippen LogP contribution in [-0.2, 0) is 65.4 Å². The molecule has 0 aromatic rings. The van der Waals surface area contributed by atoms with E-state index in [1.807, 2.05) is 0 Å². The molecule has 0 fully saturated rings. The van der Waals surface area contributed by atoms with Crippen LogP contribution < -0.4 is 0 Å². The van der Waals surface area contributed by atoms with Crippen LogP contribution in [0.1, 0.15) is 434 Å². The maximum atomic E-state index is 13.1. The lowest BCUT2D eigenvalue weighted by Crippen LogP contribution is -2.30. The van der Waals surface area contributed by atoms with Crippen LogP contribution in [0.2, 0.25) is 0 Å². The van der Waals surface area contributed by atoms with Gasteiger partial charge in [-0.3, -0.25) is 37.3 Å². The van der Waals surface area contributed by atoms with E-state index in [9.17, 15) is 43.2 Å². The number of carbonyl (C=O) groups excluding carboxylic acids is 4. The van der Waals surface area contributed by atoms with Gasteiger partial charge in [0.1, 0.15) is 19.3 Å². The van der Waals surface area contributed by atoms with Crippen molar-refractivity contribution in [3.05, 3.63) is 0 Å². The fourth-order valence-electron chi connectivity index (χ4n) is 13.0. The quantitative estimate of drug-likeness (QED) is 0.0222. The molecule has 0 aliphatic rings. The van der Waals surface area contributed by atoms with Crippen LogP contribution in [0.5, 0.6) is 0 Å². The van der Waals surface area contributed by atoms with Crippen molar-refractivity contribution in [2.75, 3.05) is 39.6 Å². The minimum Gasteiger partial charge on any atom is -0.462 e. The maximum Gasteiger partial charge on any atom is 0.472 e. The number of phosphoric acid groups is 2. The Kier molecular flexibility index (Phi) is 71.5.